The van der Waals surface area contributed by atoms with Gasteiger partial charge in [-0.05, 0) is 43.4 Å². The molecule has 0 bridgehead atoms. The molecular weight excluding hydrogens is 509 g/mol. The summed E-state index contributed by atoms with van der Waals surface area (Å²) in [4.78, 5) is 17.9. The number of alkyl halides is 3. The van der Waals surface area contributed by atoms with E-state index in [0.717, 1.165) is 31.0 Å². The van der Waals surface area contributed by atoms with E-state index in [4.69, 9.17) is 0 Å². The number of aromatic nitrogens is 1. The first kappa shape index (κ1) is 27.7. The minimum Gasteiger partial charge on any atom is -0.760 e. The van der Waals surface area contributed by atoms with Crippen molar-refractivity contribution in [3.63, 3.8) is 0 Å². The first-order valence-corrected chi connectivity index (χ1v) is 12.2. The number of nitrogens with one attached hydrogen (secondary N) is 3. The summed E-state index contributed by atoms with van der Waals surface area (Å²) in [5.41, 5.74) is -1.21. The molecule has 0 aliphatic carbocycles. The summed E-state index contributed by atoms with van der Waals surface area (Å²) in [6.07, 6.45) is -3.27. The molecule has 3 rings (SSSR count). The van der Waals surface area contributed by atoms with E-state index in [1.54, 1.807) is 4.90 Å². The van der Waals surface area contributed by atoms with Crippen LogP contribution >= 0.6 is 0 Å². The summed E-state index contributed by atoms with van der Waals surface area (Å²) >= 11 is -2.57. The van der Waals surface area contributed by atoms with E-state index in [2.05, 4.69) is 22.5 Å². The topological polar surface area (TPSA) is 109 Å². The number of anilines is 2. The molecule has 3 N–H and O–H groups in total. The molecule has 1 aromatic carbocycles. The van der Waals surface area contributed by atoms with E-state index >= 15 is 0 Å². The van der Waals surface area contributed by atoms with Gasteiger partial charge < -0.3 is 20.1 Å². The van der Waals surface area contributed by atoms with E-state index in [1.165, 1.54) is 6.07 Å². The van der Waals surface area contributed by atoms with Crippen LogP contribution in [0.1, 0.15) is 36.6 Å². The molecule has 1 aromatic heterocycles. The highest BCUT2D eigenvalue weighted by Crippen LogP contribution is 2.32. The molecule has 1 saturated heterocycles. The molecule has 0 saturated carbocycles. The van der Waals surface area contributed by atoms with Crippen LogP contribution in [0.15, 0.2) is 24.3 Å². The van der Waals surface area contributed by atoms with Crippen LogP contribution in [0.3, 0.4) is 0 Å². The predicted octanol–water partition coefficient (Wildman–Crippen LogP) is 3.86. The van der Waals surface area contributed by atoms with Crippen molar-refractivity contribution >= 4 is 28.8 Å². The van der Waals surface area contributed by atoms with E-state index in [-0.39, 0.29) is 36.6 Å². The van der Waals surface area contributed by atoms with Gasteiger partial charge >= 0.3 is 12.2 Å². The quantitative estimate of drug-likeness (QED) is 0.352. The van der Waals surface area contributed by atoms with Crippen LogP contribution in [0.4, 0.5) is 38.3 Å². The van der Waals surface area contributed by atoms with Gasteiger partial charge in [-0.2, -0.15) is 13.2 Å². The molecule has 14 heteroatoms. The maximum absolute atomic E-state index is 14.3. The lowest BCUT2D eigenvalue weighted by Gasteiger charge is -2.33. The number of halogens is 5. The van der Waals surface area contributed by atoms with Gasteiger partial charge in [0.15, 0.2) is 0 Å². The third-order valence-electron chi connectivity index (χ3n) is 5.76. The molecule has 1 fully saturated rings. The first-order valence-electron chi connectivity index (χ1n) is 11.1. The second kappa shape index (κ2) is 11.9. The van der Waals surface area contributed by atoms with E-state index < -0.39 is 40.8 Å². The second-order valence-electron chi connectivity index (χ2n) is 8.45. The summed E-state index contributed by atoms with van der Waals surface area (Å²) in [5, 5.41) is 4.75. The fraction of sp³-hybridized carbons (Fsp3) is 0.455. The Balaban J connectivity index is 1.68. The van der Waals surface area contributed by atoms with Crippen molar-refractivity contribution in [2.75, 3.05) is 29.9 Å². The Labute approximate surface area is 207 Å². The minimum absolute atomic E-state index is 0.131. The molecule has 0 radical (unpaired) electrons. The molecule has 36 heavy (non-hydrogen) atoms. The minimum atomic E-state index is -4.62. The van der Waals surface area contributed by atoms with Crippen LogP contribution in [0, 0.1) is 17.6 Å². The Kier molecular flexibility index (Phi) is 9.19. The standard InChI is InChI=1S/C22H26F5N5O3S/c1-13-5-8-32(9-6-13)20-14(2-3-19(31-20)22(25,26)27)12-28-21(33)30-15-10-17(23)16(18(24)11-15)4-7-29-36(34)35/h2-3,10-11,13,29H,4-9,12H2,1H3,(H,34,35)(H2,28,30,33)/p-1. The molecule has 0 spiro atoms. The Bertz CT molecular complexity index is 1090. The number of carbonyl (C=O) groups excluding carboxylic acids is 1. The highest BCUT2D eigenvalue weighted by atomic mass is 32.2. The molecule has 1 atom stereocenters. The average Bonchev–Trinajstić information content (AvgIpc) is 2.79. The van der Waals surface area contributed by atoms with Gasteiger partial charge in [-0.3, -0.25) is 4.21 Å². The van der Waals surface area contributed by atoms with Crippen molar-refractivity contribution in [3.8, 4) is 0 Å². The molecule has 2 heterocycles. The summed E-state index contributed by atoms with van der Waals surface area (Å²) in [6, 6.07) is 3.02. The number of nitrogens with zero attached hydrogens (tertiary/aromatic N) is 2. The number of pyridine rings is 1. The van der Waals surface area contributed by atoms with E-state index in [9.17, 15) is 35.5 Å². The zero-order valence-corrected chi connectivity index (χ0v) is 20.1. The highest BCUT2D eigenvalue weighted by molar-refractivity contribution is 7.77. The second-order valence-corrected chi connectivity index (χ2v) is 9.21. The van der Waals surface area contributed by atoms with Gasteiger partial charge in [0.2, 0.25) is 0 Å². The molecule has 8 nitrogen and oxygen atoms in total. The normalized spacial score (nSPS) is 15.6. The van der Waals surface area contributed by atoms with E-state index in [1.807, 2.05) is 4.72 Å². The number of amides is 2. The highest BCUT2D eigenvalue weighted by Gasteiger charge is 2.34. The van der Waals surface area contributed by atoms with Crippen molar-refractivity contribution in [2.45, 2.75) is 38.9 Å². The lowest BCUT2D eigenvalue weighted by atomic mass is 9.99. The molecule has 2 amide bonds. The third-order valence-corrected chi connectivity index (χ3v) is 6.20. The lowest BCUT2D eigenvalue weighted by Crippen LogP contribution is -2.35. The van der Waals surface area contributed by atoms with Crippen molar-refractivity contribution < 1.29 is 35.5 Å². The Hall–Kier alpha value is -2.84. The van der Waals surface area contributed by atoms with Gasteiger partial charge in [0, 0.05) is 54.3 Å². The maximum atomic E-state index is 14.3. The summed E-state index contributed by atoms with van der Waals surface area (Å²) in [7, 11) is 0. The number of urea groups is 1. The van der Waals surface area contributed by atoms with Crippen LogP contribution in [0.5, 0.6) is 0 Å². The zero-order chi connectivity index (χ0) is 26.5. The number of piperidine rings is 1. The number of carbonyl (C=O) groups is 1. The van der Waals surface area contributed by atoms with Gasteiger partial charge in [-0.1, -0.05) is 13.0 Å². The van der Waals surface area contributed by atoms with Gasteiger partial charge in [0.25, 0.3) is 0 Å². The van der Waals surface area contributed by atoms with Crippen LogP contribution in [-0.2, 0) is 30.4 Å². The third kappa shape index (κ3) is 7.58. The SMILES string of the molecule is CC1CCN(c2nc(C(F)(F)F)ccc2CNC(=O)Nc2cc(F)c(CCNS(=O)[O-])c(F)c2)CC1. The molecule has 1 aliphatic rings. The molecular formula is C22H25F5N5O3S-. The number of hydrogen-bond acceptors (Lipinski definition) is 5. The Morgan fingerprint density at radius 2 is 1.83 bits per heavy atom. The van der Waals surface area contributed by atoms with Crippen LogP contribution in [0.25, 0.3) is 0 Å². The summed E-state index contributed by atoms with van der Waals surface area (Å²) in [5.74, 6) is -1.38. The van der Waals surface area contributed by atoms with Gasteiger partial charge in [-0.25, -0.2) is 23.3 Å². The Morgan fingerprint density at radius 3 is 2.42 bits per heavy atom. The molecule has 1 aliphatic heterocycles. The average molecular weight is 535 g/mol. The van der Waals surface area contributed by atoms with Crippen molar-refractivity contribution in [2.24, 2.45) is 5.92 Å². The summed E-state index contributed by atoms with van der Waals surface area (Å²) < 4.78 is 91.2. The largest absolute Gasteiger partial charge is 0.760 e. The fourth-order valence-electron chi connectivity index (χ4n) is 3.79. The lowest BCUT2D eigenvalue weighted by molar-refractivity contribution is -0.141. The smallest absolute Gasteiger partial charge is 0.433 e. The number of benzene rings is 1. The maximum Gasteiger partial charge on any atom is 0.433 e. The van der Waals surface area contributed by atoms with Crippen LogP contribution in [0.2, 0.25) is 0 Å². The van der Waals surface area contributed by atoms with Crippen LogP contribution < -0.4 is 20.3 Å². The van der Waals surface area contributed by atoms with Crippen molar-refractivity contribution in [3.05, 3.63) is 52.7 Å². The van der Waals surface area contributed by atoms with E-state index in [0.29, 0.717) is 24.6 Å². The van der Waals surface area contributed by atoms with Crippen LogP contribution in [-0.4, -0.2) is 39.4 Å². The Morgan fingerprint density at radius 1 is 1.19 bits per heavy atom. The number of hydrogen-bond donors (Lipinski definition) is 3. The van der Waals surface area contributed by atoms with Gasteiger partial charge in [-0.15, -0.1) is 0 Å². The monoisotopic (exact) mass is 534 g/mol. The first-order chi connectivity index (χ1) is 16.9. The van der Waals surface area contributed by atoms with Crippen molar-refractivity contribution in [1.29, 1.82) is 0 Å². The van der Waals surface area contributed by atoms with Gasteiger partial charge in [0.1, 0.15) is 23.1 Å². The van der Waals surface area contributed by atoms with Crippen molar-refractivity contribution in [1.82, 2.24) is 15.0 Å². The molecule has 198 valence electrons. The predicted molar refractivity (Wildman–Crippen MR) is 123 cm³/mol. The zero-order valence-electron chi connectivity index (χ0n) is 19.3. The molecule has 2 aromatic rings. The molecule has 1 unspecified atom stereocenters. The summed E-state index contributed by atoms with van der Waals surface area (Å²) in [6.45, 7) is 2.74. The fourth-order valence-corrected chi connectivity index (χ4v) is 4.06. The van der Waals surface area contributed by atoms with Gasteiger partial charge in [0.05, 0.1) is 0 Å². The number of rotatable bonds is 8.